The van der Waals surface area contributed by atoms with Gasteiger partial charge in [0, 0.05) is 5.39 Å². The number of hydrogen-bond donors (Lipinski definition) is 1. The lowest BCUT2D eigenvalue weighted by Gasteiger charge is -2.07. The van der Waals surface area contributed by atoms with Crippen molar-refractivity contribution in [1.82, 2.24) is 9.97 Å². The number of carbonyl (C=O) groups excluding carboxylic acids is 1. The number of nitrogens with one attached hydrogen (secondary N) is 1. The third-order valence-electron chi connectivity index (χ3n) is 3.87. The predicted octanol–water partition coefficient (Wildman–Crippen LogP) is 4.69. The number of fused-ring (bicyclic) bond motifs is 3. The van der Waals surface area contributed by atoms with Crippen LogP contribution in [-0.2, 0) is 4.79 Å². The number of aromatic nitrogens is 2. The van der Waals surface area contributed by atoms with Crippen molar-refractivity contribution in [3.8, 4) is 0 Å². The van der Waals surface area contributed by atoms with Gasteiger partial charge in [0.05, 0.1) is 5.75 Å². The molecule has 0 fully saturated rings. The molecule has 2 aromatic carbocycles. The lowest BCUT2D eigenvalue weighted by molar-refractivity contribution is -0.113. The molecule has 0 aliphatic heterocycles. The Bertz CT molecular complexity index is 1160. The Morgan fingerprint density at radius 2 is 1.85 bits per heavy atom. The second-order valence-electron chi connectivity index (χ2n) is 5.79. The van der Waals surface area contributed by atoms with Gasteiger partial charge in [0.1, 0.15) is 39.3 Å². The van der Waals surface area contributed by atoms with Gasteiger partial charge < -0.3 is 9.73 Å². The summed E-state index contributed by atoms with van der Waals surface area (Å²) in [6, 6.07) is 10.9. The summed E-state index contributed by atoms with van der Waals surface area (Å²) in [5.41, 5.74) is 1.36. The van der Waals surface area contributed by atoms with Crippen LogP contribution >= 0.6 is 11.8 Å². The van der Waals surface area contributed by atoms with E-state index in [0.717, 1.165) is 29.3 Å². The zero-order chi connectivity index (χ0) is 19.0. The first-order valence-electron chi connectivity index (χ1n) is 8.05. The maximum atomic E-state index is 13.7. The molecule has 4 aromatic rings. The first kappa shape index (κ1) is 17.4. The van der Waals surface area contributed by atoms with Crippen LogP contribution in [0.4, 0.5) is 14.5 Å². The van der Waals surface area contributed by atoms with Crippen LogP contribution in [0.25, 0.3) is 22.1 Å². The highest BCUT2D eigenvalue weighted by molar-refractivity contribution is 8.00. The molecule has 0 unspecified atom stereocenters. The van der Waals surface area contributed by atoms with Crippen LogP contribution in [0.15, 0.2) is 51.9 Å². The molecule has 1 N–H and O–H groups in total. The summed E-state index contributed by atoms with van der Waals surface area (Å²) in [6.45, 7) is 1.75. The van der Waals surface area contributed by atoms with E-state index >= 15 is 0 Å². The van der Waals surface area contributed by atoms with E-state index in [1.807, 2.05) is 24.3 Å². The summed E-state index contributed by atoms with van der Waals surface area (Å²) in [5.74, 6) is -1.76. The summed E-state index contributed by atoms with van der Waals surface area (Å²) in [4.78, 5) is 20.9. The molecular formula is C19H13F2N3O2S. The van der Waals surface area contributed by atoms with Gasteiger partial charge in [-0.15, -0.1) is 0 Å². The minimum Gasteiger partial charge on any atom is -0.451 e. The topological polar surface area (TPSA) is 68.0 Å². The second-order valence-corrected chi connectivity index (χ2v) is 6.75. The van der Waals surface area contributed by atoms with Gasteiger partial charge in [0.2, 0.25) is 5.91 Å². The van der Waals surface area contributed by atoms with E-state index in [-0.39, 0.29) is 5.75 Å². The van der Waals surface area contributed by atoms with Crippen molar-refractivity contribution in [1.29, 1.82) is 0 Å². The Morgan fingerprint density at radius 1 is 1.11 bits per heavy atom. The summed E-state index contributed by atoms with van der Waals surface area (Å²) >= 11 is 1.12. The molecule has 0 aliphatic rings. The number of anilines is 1. The van der Waals surface area contributed by atoms with Gasteiger partial charge in [0.15, 0.2) is 5.58 Å². The number of hydrogen-bond acceptors (Lipinski definition) is 5. The van der Waals surface area contributed by atoms with E-state index in [2.05, 4.69) is 15.3 Å². The molecule has 2 heterocycles. The third-order valence-corrected chi connectivity index (χ3v) is 4.82. The molecule has 1 amide bonds. The number of para-hydroxylation sites is 2. The van der Waals surface area contributed by atoms with Crippen LogP contribution in [0, 0.1) is 18.6 Å². The van der Waals surface area contributed by atoms with Gasteiger partial charge in [-0.2, -0.15) is 0 Å². The molecule has 0 aliphatic carbocycles. The number of carbonyl (C=O) groups is 1. The van der Waals surface area contributed by atoms with Gasteiger partial charge in [0.25, 0.3) is 0 Å². The van der Waals surface area contributed by atoms with E-state index in [1.54, 1.807) is 6.92 Å². The highest BCUT2D eigenvalue weighted by atomic mass is 32.2. The molecule has 0 bridgehead atoms. The lowest BCUT2D eigenvalue weighted by atomic mass is 10.2. The molecule has 4 rings (SSSR count). The summed E-state index contributed by atoms with van der Waals surface area (Å²) in [5, 5.41) is 3.61. The van der Waals surface area contributed by atoms with Crippen LogP contribution in [0.5, 0.6) is 0 Å². The van der Waals surface area contributed by atoms with E-state index in [9.17, 15) is 13.6 Å². The van der Waals surface area contributed by atoms with Crippen LogP contribution in [0.3, 0.4) is 0 Å². The average Bonchev–Trinajstić information content (AvgIpc) is 3.01. The van der Waals surface area contributed by atoms with E-state index in [0.29, 0.717) is 27.5 Å². The Balaban J connectivity index is 1.59. The van der Waals surface area contributed by atoms with Gasteiger partial charge in [-0.3, -0.25) is 4.79 Å². The minimum absolute atomic E-state index is 0.0869. The van der Waals surface area contributed by atoms with E-state index in [4.69, 9.17) is 4.42 Å². The van der Waals surface area contributed by atoms with Crippen molar-refractivity contribution < 1.29 is 18.0 Å². The monoisotopic (exact) mass is 385 g/mol. The zero-order valence-corrected chi connectivity index (χ0v) is 14.9. The molecule has 27 heavy (non-hydrogen) atoms. The smallest absolute Gasteiger partial charge is 0.234 e. The van der Waals surface area contributed by atoms with Gasteiger partial charge >= 0.3 is 0 Å². The Kier molecular flexibility index (Phi) is 4.49. The number of benzene rings is 2. The Morgan fingerprint density at radius 3 is 2.63 bits per heavy atom. The van der Waals surface area contributed by atoms with Crippen LogP contribution < -0.4 is 5.32 Å². The first-order valence-corrected chi connectivity index (χ1v) is 9.04. The largest absolute Gasteiger partial charge is 0.451 e. The fourth-order valence-corrected chi connectivity index (χ4v) is 3.50. The number of rotatable bonds is 4. The minimum atomic E-state index is -0.828. The average molecular weight is 385 g/mol. The van der Waals surface area contributed by atoms with E-state index < -0.39 is 23.2 Å². The fraction of sp³-hybridized carbons (Fsp3) is 0.105. The highest BCUT2D eigenvalue weighted by Gasteiger charge is 2.17. The van der Waals surface area contributed by atoms with Crippen molar-refractivity contribution in [3.05, 3.63) is 59.9 Å². The molecule has 8 heteroatoms. The molecule has 136 valence electrons. The highest BCUT2D eigenvalue weighted by Crippen LogP contribution is 2.33. The van der Waals surface area contributed by atoms with Crippen LogP contribution in [0.2, 0.25) is 0 Å². The van der Waals surface area contributed by atoms with Crippen molar-refractivity contribution in [2.75, 3.05) is 11.1 Å². The molecule has 2 aromatic heterocycles. The lowest BCUT2D eigenvalue weighted by Crippen LogP contribution is -2.16. The Labute approximate surface area is 156 Å². The molecule has 0 atom stereocenters. The van der Waals surface area contributed by atoms with Crippen LogP contribution in [-0.4, -0.2) is 21.6 Å². The van der Waals surface area contributed by atoms with Crippen molar-refractivity contribution >= 4 is 45.4 Å². The number of halogens is 2. The summed E-state index contributed by atoms with van der Waals surface area (Å²) in [6.07, 6.45) is 0. The summed E-state index contributed by atoms with van der Waals surface area (Å²) in [7, 11) is 0. The SMILES string of the molecule is Cc1nc(SCC(=O)Nc2c(F)cccc2F)c2oc3ccccc3c2n1. The Hall–Kier alpha value is -3.00. The zero-order valence-electron chi connectivity index (χ0n) is 14.1. The number of furan rings is 1. The molecule has 0 saturated carbocycles. The number of amides is 1. The van der Waals surface area contributed by atoms with Gasteiger partial charge in [-0.1, -0.05) is 30.0 Å². The first-order chi connectivity index (χ1) is 13.0. The molecular weight excluding hydrogens is 372 g/mol. The number of nitrogens with zero attached hydrogens (tertiary/aromatic N) is 2. The van der Waals surface area contributed by atoms with Crippen molar-refractivity contribution in [2.45, 2.75) is 11.9 Å². The number of aryl methyl sites for hydroxylation is 1. The third kappa shape index (κ3) is 3.35. The number of thioether (sulfide) groups is 1. The molecule has 0 saturated heterocycles. The normalized spacial score (nSPS) is 11.2. The predicted molar refractivity (Wildman–Crippen MR) is 99.8 cm³/mol. The fourth-order valence-electron chi connectivity index (χ4n) is 2.70. The van der Waals surface area contributed by atoms with Crippen molar-refractivity contribution in [3.63, 3.8) is 0 Å². The van der Waals surface area contributed by atoms with Crippen LogP contribution in [0.1, 0.15) is 5.82 Å². The molecule has 0 spiro atoms. The second kappa shape index (κ2) is 6.96. The quantitative estimate of drug-likeness (QED) is 0.408. The molecule has 5 nitrogen and oxygen atoms in total. The van der Waals surface area contributed by atoms with Gasteiger partial charge in [-0.25, -0.2) is 18.7 Å². The standard InChI is InChI=1S/C19H13F2N3O2S/c1-10-22-16-11-5-2-3-8-14(11)26-18(16)19(23-10)27-9-15(25)24-17-12(20)6-4-7-13(17)21/h2-8H,9H2,1H3,(H,24,25). The maximum Gasteiger partial charge on any atom is 0.234 e. The summed E-state index contributed by atoms with van der Waals surface area (Å²) < 4.78 is 33.1. The maximum absolute atomic E-state index is 13.7. The van der Waals surface area contributed by atoms with Gasteiger partial charge in [-0.05, 0) is 31.2 Å². The van der Waals surface area contributed by atoms with E-state index in [1.165, 1.54) is 6.07 Å². The van der Waals surface area contributed by atoms with Crippen molar-refractivity contribution in [2.24, 2.45) is 0 Å². The molecule has 0 radical (unpaired) electrons.